The average Bonchev–Trinajstić information content (AvgIpc) is 2.78. The fraction of sp³-hybridized carbons (Fsp3) is 0.333. The number of rotatable bonds is 6. The van der Waals surface area contributed by atoms with Crippen LogP contribution >= 0.6 is 15.9 Å². The van der Waals surface area contributed by atoms with Crippen molar-refractivity contribution in [2.75, 3.05) is 39.8 Å². The number of carbonyl (C=O) groups is 1. The van der Waals surface area contributed by atoms with Crippen molar-refractivity contribution in [1.82, 2.24) is 20.1 Å². The second-order valence-corrected chi connectivity index (χ2v) is 8.90. The van der Waals surface area contributed by atoms with Crippen molar-refractivity contribution >= 4 is 32.7 Å². The molecule has 4 rings (SSSR count). The summed E-state index contributed by atoms with van der Waals surface area (Å²) in [5.41, 5.74) is 2.09. The molecule has 1 aromatic heterocycles. The maximum atomic E-state index is 12.8. The van der Waals surface area contributed by atoms with Crippen LogP contribution in [0.15, 0.2) is 63.9 Å². The Labute approximate surface area is 190 Å². The van der Waals surface area contributed by atoms with Crippen LogP contribution in [0.3, 0.4) is 0 Å². The van der Waals surface area contributed by atoms with Crippen LogP contribution in [0.4, 0.5) is 0 Å². The number of aromatic amines is 1. The van der Waals surface area contributed by atoms with Crippen LogP contribution in [0.1, 0.15) is 28.4 Å². The molecule has 2 heterocycles. The van der Waals surface area contributed by atoms with Crippen molar-refractivity contribution in [1.29, 1.82) is 0 Å². The van der Waals surface area contributed by atoms with Gasteiger partial charge in [-0.1, -0.05) is 42.5 Å². The molecule has 1 aliphatic heterocycles. The highest BCUT2D eigenvalue weighted by Crippen LogP contribution is 2.25. The Morgan fingerprint density at radius 3 is 2.77 bits per heavy atom. The van der Waals surface area contributed by atoms with Crippen LogP contribution in [0.25, 0.3) is 10.9 Å². The first-order valence-electron chi connectivity index (χ1n) is 10.6. The van der Waals surface area contributed by atoms with Gasteiger partial charge in [-0.05, 0) is 41.0 Å². The Morgan fingerprint density at radius 2 is 1.97 bits per heavy atom. The summed E-state index contributed by atoms with van der Waals surface area (Å²) >= 11 is 3.44. The number of piperazine rings is 1. The van der Waals surface area contributed by atoms with E-state index in [-0.39, 0.29) is 11.5 Å². The van der Waals surface area contributed by atoms with Crippen LogP contribution in [0, 0.1) is 0 Å². The SMILES string of the molecule is CN1CCN(CCCNC(=O)c2cc(=O)[nH]c3c(Br)cccc23)C(c2ccccc2)C1. The van der Waals surface area contributed by atoms with E-state index in [2.05, 4.69) is 67.3 Å². The van der Waals surface area contributed by atoms with Gasteiger partial charge >= 0.3 is 0 Å². The lowest BCUT2D eigenvalue weighted by atomic mass is 10.0. The molecule has 6 nitrogen and oxygen atoms in total. The van der Waals surface area contributed by atoms with Crippen molar-refractivity contribution < 1.29 is 4.79 Å². The zero-order valence-corrected chi connectivity index (χ0v) is 19.2. The van der Waals surface area contributed by atoms with E-state index in [0.717, 1.165) is 42.5 Å². The molecule has 162 valence electrons. The summed E-state index contributed by atoms with van der Waals surface area (Å²) in [6.07, 6.45) is 0.851. The molecule has 1 aliphatic rings. The van der Waals surface area contributed by atoms with Crippen LogP contribution in [-0.4, -0.2) is 60.5 Å². The summed E-state index contributed by atoms with van der Waals surface area (Å²) < 4.78 is 0.763. The van der Waals surface area contributed by atoms with Gasteiger partial charge in [-0.25, -0.2) is 0 Å². The van der Waals surface area contributed by atoms with Crippen LogP contribution in [0.2, 0.25) is 0 Å². The molecule has 0 spiro atoms. The Hall–Kier alpha value is -2.48. The second kappa shape index (κ2) is 9.77. The Morgan fingerprint density at radius 1 is 1.16 bits per heavy atom. The zero-order valence-electron chi connectivity index (χ0n) is 17.6. The standard InChI is InChI=1S/C24H27BrN4O2/c1-28-13-14-29(21(16-28)17-7-3-2-4-8-17)12-6-11-26-24(31)19-15-22(30)27-23-18(19)9-5-10-20(23)25/h2-5,7-10,15,21H,6,11-14,16H2,1H3,(H,26,31)(H,27,30). The molecule has 0 aliphatic carbocycles. The largest absolute Gasteiger partial charge is 0.352 e. The number of benzene rings is 2. The van der Waals surface area contributed by atoms with E-state index in [0.29, 0.717) is 23.7 Å². The Balaban J connectivity index is 1.38. The van der Waals surface area contributed by atoms with Crippen molar-refractivity contribution in [2.45, 2.75) is 12.5 Å². The Bertz CT molecular complexity index is 1120. The highest BCUT2D eigenvalue weighted by Gasteiger charge is 2.26. The number of aromatic nitrogens is 1. The number of likely N-dealkylation sites (N-methyl/N-ethyl adjacent to an activating group) is 1. The minimum Gasteiger partial charge on any atom is -0.352 e. The number of pyridine rings is 1. The lowest BCUT2D eigenvalue weighted by molar-refractivity contribution is 0.0866. The second-order valence-electron chi connectivity index (χ2n) is 8.04. The van der Waals surface area contributed by atoms with Gasteiger partial charge in [-0.2, -0.15) is 0 Å². The van der Waals surface area contributed by atoms with Gasteiger partial charge in [-0.3, -0.25) is 14.5 Å². The number of nitrogens with zero attached hydrogens (tertiary/aromatic N) is 2. The van der Waals surface area contributed by atoms with Gasteiger partial charge in [0.25, 0.3) is 5.91 Å². The van der Waals surface area contributed by atoms with E-state index in [9.17, 15) is 9.59 Å². The zero-order chi connectivity index (χ0) is 21.8. The van der Waals surface area contributed by atoms with Crippen LogP contribution in [0.5, 0.6) is 0 Å². The summed E-state index contributed by atoms with van der Waals surface area (Å²) in [7, 11) is 2.16. The van der Waals surface area contributed by atoms with Crippen molar-refractivity contribution in [3.05, 3.63) is 80.6 Å². The lowest BCUT2D eigenvalue weighted by Gasteiger charge is -2.40. The van der Waals surface area contributed by atoms with Gasteiger partial charge in [0, 0.05) is 54.7 Å². The first-order chi connectivity index (χ1) is 15.0. The molecule has 1 fully saturated rings. The van der Waals surface area contributed by atoms with Crippen LogP contribution in [-0.2, 0) is 0 Å². The van der Waals surface area contributed by atoms with Crippen LogP contribution < -0.4 is 10.9 Å². The van der Waals surface area contributed by atoms with E-state index in [1.54, 1.807) is 0 Å². The van der Waals surface area contributed by atoms with Crippen molar-refractivity contribution in [3.63, 3.8) is 0 Å². The first kappa shape index (κ1) is 21.7. The van der Waals surface area contributed by atoms with E-state index in [1.165, 1.54) is 11.6 Å². The lowest BCUT2D eigenvalue weighted by Crippen LogP contribution is -2.47. The number of nitrogens with one attached hydrogen (secondary N) is 2. The highest BCUT2D eigenvalue weighted by atomic mass is 79.9. The number of hydrogen-bond donors (Lipinski definition) is 2. The molecule has 0 radical (unpaired) electrons. The fourth-order valence-corrected chi connectivity index (χ4v) is 4.69. The number of halogens is 1. The first-order valence-corrected chi connectivity index (χ1v) is 11.4. The average molecular weight is 483 g/mol. The Kier molecular flexibility index (Phi) is 6.85. The number of hydrogen-bond acceptors (Lipinski definition) is 4. The number of carbonyl (C=O) groups excluding carboxylic acids is 1. The van der Waals surface area contributed by atoms with E-state index < -0.39 is 0 Å². The fourth-order valence-electron chi connectivity index (χ4n) is 4.23. The molecule has 1 saturated heterocycles. The summed E-state index contributed by atoms with van der Waals surface area (Å²) in [5.74, 6) is -0.216. The molecule has 31 heavy (non-hydrogen) atoms. The maximum Gasteiger partial charge on any atom is 0.252 e. The minimum atomic E-state index is -0.285. The van der Waals surface area contributed by atoms with E-state index >= 15 is 0 Å². The molecule has 2 aromatic carbocycles. The number of para-hydroxylation sites is 1. The molecule has 1 amide bonds. The monoisotopic (exact) mass is 482 g/mol. The molecule has 0 saturated carbocycles. The third-order valence-corrected chi connectivity index (χ3v) is 6.52. The summed E-state index contributed by atoms with van der Waals surface area (Å²) in [6, 6.07) is 17.9. The molecular weight excluding hydrogens is 456 g/mol. The normalized spacial score (nSPS) is 17.7. The molecule has 1 atom stereocenters. The molecular formula is C24H27BrN4O2. The quantitative estimate of drug-likeness (QED) is 0.528. The number of H-pyrrole nitrogens is 1. The van der Waals surface area contributed by atoms with Gasteiger partial charge in [0.2, 0.25) is 5.56 Å². The minimum absolute atomic E-state index is 0.216. The van der Waals surface area contributed by atoms with Gasteiger partial charge < -0.3 is 15.2 Å². The topological polar surface area (TPSA) is 68.4 Å². The number of amides is 1. The molecule has 7 heteroatoms. The predicted octanol–water partition coefficient (Wildman–Crippen LogP) is 3.40. The molecule has 2 N–H and O–H groups in total. The van der Waals surface area contributed by atoms with Gasteiger partial charge in [0.05, 0.1) is 11.1 Å². The smallest absolute Gasteiger partial charge is 0.252 e. The van der Waals surface area contributed by atoms with Gasteiger partial charge in [0.15, 0.2) is 0 Å². The third kappa shape index (κ3) is 5.06. The van der Waals surface area contributed by atoms with Gasteiger partial charge in [-0.15, -0.1) is 0 Å². The third-order valence-electron chi connectivity index (χ3n) is 5.86. The van der Waals surface area contributed by atoms with Crippen molar-refractivity contribution in [3.8, 4) is 0 Å². The maximum absolute atomic E-state index is 12.8. The highest BCUT2D eigenvalue weighted by molar-refractivity contribution is 9.10. The predicted molar refractivity (Wildman–Crippen MR) is 127 cm³/mol. The van der Waals surface area contributed by atoms with Crippen molar-refractivity contribution in [2.24, 2.45) is 0 Å². The van der Waals surface area contributed by atoms with Gasteiger partial charge in [0.1, 0.15) is 0 Å². The molecule has 0 bridgehead atoms. The van der Waals surface area contributed by atoms with E-state index in [1.807, 2.05) is 24.3 Å². The summed E-state index contributed by atoms with van der Waals surface area (Å²) in [5, 5.41) is 3.73. The summed E-state index contributed by atoms with van der Waals surface area (Å²) in [6.45, 7) is 4.54. The molecule has 3 aromatic rings. The molecule has 1 unspecified atom stereocenters. The summed E-state index contributed by atoms with van der Waals surface area (Å²) in [4.78, 5) is 32.5. The van der Waals surface area contributed by atoms with E-state index in [4.69, 9.17) is 0 Å². The number of fused-ring (bicyclic) bond motifs is 1.